The number of piperidine rings is 1. The predicted octanol–water partition coefficient (Wildman–Crippen LogP) is 0.725. The van der Waals surface area contributed by atoms with Gasteiger partial charge in [0.05, 0.1) is 6.61 Å². The molecule has 0 saturated carbocycles. The maximum Gasteiger partial charge on any atom is 0.269 e. The van der Waals surface area contributed by atoms with Gasteiger partial charge in [0.1, 0.15) is 5.69 Å². The van der Waals surface area contributed by atoms with Crippen molar-refractivity contribution in [1.82, 2.24) is 15.1 Å². The number of nitrogens with two attached hydrogens (primary N) is 1. The van der Waals surface area contributed by atoms with Crippen molar-refractivity contribution in [3.05, 3.63) is 17.5 Å². The summed E-state index contributed by atoms with van der Waals surface area (Å²) in [6, 6.07) is 1.78. The molecular weight excluding hydrogens is 244 g/mol. The fourth-order valence-corrected chi connectivity index (χ4v) is 2.52. The Morgan fingerprint density at radius 2 is 2.53 bits per heavy atom. The van der Waals surface area contributed by atoms with Crippen molar-refractivity contribution in [3.8, 4) is 0 Å². The van der Waals surface area contributed by atoms with Gasteiger partial charge >= 0.3 is 0 Å². The van der Waals surface area contributed by atoms with E-state index in [0.717, 1.165) is 51.4 Å². The maximum absolute atomic E-state index is 11.0. The molecule has 3 N–H and O–H groups in total. The van der Waals surface area contributed by atoms with Crippen LogP contribution in [0.4, 0.5) is 0 Å². The standard InChI is InChI=1S/C13H22N4O2/c1-2-19-7-6-17-5-3-4-10(9-17)11-8-12(13(14)18)16-15-11/h8,10H,2-7,9H2,1H3,(H2,14,18)(H,15,16). The van der Waals surface area contributed by atoms with Gasteiger partial charge in [0, 0.05) is 31.3 Å². The minimum Gasteiger partial charge on any atom is -0.380 e. The third-order valence-corrected chi connectivity index (χ3v) is 3.55. The topological polar surface area (TPSA) is 84.2 Å². The fourth-order valence-electron chi connectivity index (χ4n) is 2.52. The summed E-state index contributed by atoms with van der Waals surface area (Å²) >= 11 is 0. The number of rotatable bonds is 6. The zero-order valence-corrected chi connectivity index (χ0v) is 11.4. The molecule has 6 heteroatoms. The highest BCUT2D eigenvalue weighted by Crippen LogP contribution is 2.25. The lowest BCUT2D eigenvalue weighted by Crippen LogP contribution is -2.36. The van der Waals surface area contributed by atoms with Crippen LogP contribution in [0.2, 0.25) is 0 Å². The van der Waals surface area contributed by atoms with E-state index >= 15 is 0 Å². The molecule has 1 fully saturated rings. The molecule has 2 rings (SSSR count). The number of carbonyl (C=O) groups is 1. The largest absolute Gasteiger partial charge is 0.380 e. The highest BCUT2D eigenvalue weighted by molar-refractivity contribution is 5.90. The molecule has 0 radical (unpaired) electrons. The summed E-state index contributed by atoms with van der Waals surface area (Å²) < 4.78 is 5.39. The Morgan fingerprint density at radius 1 is 1.68 bits per heavy atom. The summed E-state index contributed by atoms with van der Waals surface area (Å²) in [5.74, 6) is -0.0810. The first kappa shape index (κ1) is 14.0. The Bertz CT molecular complexity index is 419. The van der Waals surface area contributed by atoms with Crippen molar-refractivity contribution in [2.45, 2.75) is 25.7 Å². The van der Waals surface area contributed by atoms with Crippen LogP contribution in [0.5, 0.6) is 0 Å². The summed E-state index contributed by atoms with van der Waals surface area (Å²) in [7, 11) is 0. The number of aromatic amines is 1. The van der Waals surface area contributed by atoms with Gasteiger partial charge in [0.15, 0.2) is 0 Å². The smallest absolute Gasteiger partial charge is 0.269 e. The zero-order chi connectivity index (χ0) is 13.7. The molecule has 0 aromatic carbocycles. The lowest BCUT2D eigenvalue weighted by atomic mass is 9.94. The van der Waals surface area contributed by atoms with Crippen LogP contribution in [0.1, 0.15) is 41.9 Å². The number of nitrogens with one attached hydrogen (secondary N) is 1. The second-order valence-corrected chi connectivity index (χ2v) is 4.91. The first-order chi connectivity index (χ1) is 9.20. The number of ether oxygens (including phenoxy) is 1. The molecule has 1 saturated heterocycles. The van der Waals surface area contributed by atoms with E-state index in [1.54, 1.807) is 6.07 Å². The van der Waals surface area contributed by atoms with Crippen molar-refractivity contribution in [2.24, 2.45) is 5.73 Å². The first-order valence-electron chi connectivity index (χ1n) is 6.86. The minimum atomic E-state index is -0.480. The first-order valence-corrected chi connectivity index (χ1v) is 6.86. The number of amides is 1. The van der Waals surface area contributed by atoms with Crippen molar-refractivity contribution < 1.29 is 9.53 Å². The molecule has 19 heavy (non-hydrogen) atoms. The van der Waals surface area contributed by atoms with Gasteiger partial charge < -0.3 is 15.4 Å². The van der Waals surface area contributed by atoms with Crippen LogP contribution in [0, 0.1) is 0 Å². The summed E-state index contributed by atoms with van der Waals surface area (Å²) in [5, 5.41) is 6.88. The molecule has 106 valence electrons. The normalized spacial score (nSPS) is 20.6. The second kappa shape index (κ2) is 6.68. The van der Waals surface area contributed by atoms with Gasteiger partial charge in [-0.1, -0.05) is 0 Å². The molecule has 1 atom stereocenters. The summed E-state index contributed by atoms with van der Waals surface area (Å²) in [4.78, 5) is 13.4. The molecule has 1 aliphatic heterocycles. The molecule has 1 aromatic heterocycles. The number of nitrogens with zero attached hydrogens (tertiary/aromatic N) is 2. The molecule has 1 aromatic rings. The summed E-state index contributed by atoms with van der Waals surface area (Å²) in [5.41, 5.74) is 6.55. The summed E-state index contributed by atoms with van der Waals surface area (Å²) in [6.07, 6.45) is 2.27. The Balaban J connectivity index is 1.90. The second-order valence-electron chi connectivity index (χ2n) is 4.91. The highest BCUT2D eigenvalue weighted by atomic mass is 16.5. The number of hydrogen-bond donors (Lipinski definition) is 2. The average molecular weight is 266 g/mol. The third-order valence-electron chi connectivity index (χ3n) is 3.55. The lowest BCUT2D eigenvalue weighted by molar-refractivity contribution is 0.0995. The molecule has 6 nitrogen and oxygen atoms in total. The zero-order valence-electron chi connectivity index (χ0n) is 11.4. The maximum atomic E-state index is 11.0. The third kappa shape index (κ3) is 3.78. The molecule has 0 aliphatic carbocycles. The van der Waals surface area contributed by atoms with Crippen molar-refractivity contribution in [1.29, 1.82) is 0 Å². The van der Waals surface area contributed by atoms with E-state index in [2.05, 4.69) is 15.1 Å². The molecule has 1 amide bonds. The average Bonchev–Trinajstić information content (AvgIpc) is 2.89. The Morgan fingerprint density at radius 3 is 3.21 bits per heavy atom. The Kier molecular flexibility index (Phi) is 4.93. The van der Waals surface area contributed by atoms with E-state index < -0.39 is 5.91 Å². The molecular formula is C13H22N4O2. The minimum absolute atomic E-state index is 0.321. The number of aromatic nitrogens is 2. The molecule has 2 heterocycles. The van der Waals surface area contributed by atoms with E-state index in [-0.39, 0.29) is 0 Å². The molecule has 0 bridgehead atoms. The van der Waals surface area contributed by atoms with Crippen LogP contribution >= 0.6 is 0 Å². The van der Waals surface area contributed by atoms with Gasteiger partial charge in [-0.2, -0.15) is 5.10 Å². The highest BCUT2D eigenvalue weighted by Gasteiger charge is 2.23. The van der Waals surface area contributed by atoms with Crippen LogP contribution < -0.4 is 5.73 Å². The van der Waals surface area contributed by atoms with E-state index in [1.807, 2.05) is 6.92 Å². The molecule has 1 aliphatic rings. The fraction of sp³-hybridized carbons (Fsp3) is 0.692. The molecule has 1 unspecified atom stereocenters. The monoisotopic (exact) mass is 266 g/mol. The summed E-state index contributed by atoms with van der Waals surface area (Å²) in [6.45, 7) is 6.60. The van der Waals surface area contributed by atoms with E-state index in [4.69, 9.17) is 10.5 Å². The van der Waals surface area contributed by atoms with E-state index in [9.17, 15) is 4.79 Å². The van der Waals surface area contributed by atoms with Crippen LogP contribution in [0.15, 0.2) is 6.07 Å². The van der Waals surface area contributed by atoms with Gasteiger partial charge in [0.25, 0.3) is 5.91 Å². The van der Waals surface area contributed by atoms with Crippen LogP contribution in [0.3, 0.4) is 0 Å². The van der Waals surface area contributed by atoms with E-state index in [1.165, 1.54) is 0 Å². The predicted molar refractivity (Wildman–Crippen MR) is 72.0 cm³/mol. The Hall–Kier alpha value is -1.40. The number of primary amides is 1. The van der Waals surface area contributed by atoms with Crippen LogP contribution in [0.25, 0.3) is 0 Å². The van der Waals surface area contributed by atoms with Gasteiger partial charge in [-0.05, 0) is 32.4 Å². The number of likely N-dealkylation sites (tertiary alicyclic amines) is 1. The number of carbonyl (C=O) groups excluding carboxylic acids is 1. The van der Waals surface area contributed by atoms with Crippen molar-refractivity contribution in [3.63, 3.8) is 0 Å². The van der Waals surface area contributed by atoms with Gasteiger partial charge in [0.2, 0.25) is 0 Å². The van der Waals surface area contributed by atoms with Gasteiger partial charge in [-0.25, -0.2) is 0 Å². The molecule has 0 spiro atoms. The van der Waals surface area contributed by atoms with Crippen molar-refractivity contribution in [2.75, 3.05) is 32.8 Å². The Labute approximate surface area is 113 Å². The SMILES string of the molecule is CCOCCN1CCCC(c2cc(C(N)=O)n[nH]2)C1. The van der Waals surface area contributed by atoms with E-state index in [0.29, 0.717) is 11.6 Å². The van der Waals surface area contributed by atoms with Crippen LogP contribution in [-0.2, 0) is 4.74 Å². The van der Waals surface area contributed by atoms with Gasteiger partial charge in [-0.15, -0.1) is 0 Å². The quantitative estimate of drug-likeness (QED) is 0.743. The number of hydrogen-bond acceptors (Lipinski definition) is 4. The van der Waals surface area contributed by atoms with Crippen LogP contribution in [-0.4, -0.2) is 53.9 Å². The number of H-pyrrole nitrogens is 1. The van der Waals surface area contributed by atoms with Gasteiger partial charge in [-0.3, -0.25) is 9.89 Å². The van der Waals surface area contributed by atoms with Crippen molar-refractivity contribution >= 4 is 5.91 Å². The lowest BCUT2D eigenvalue weighted by Gasteiger charge is -2.31.